The minimum Gasteiger partial charge on any atom is -0.369 e. The van der Waals surface area contributed by atoms with Crippen LogP contribution in [0.3, 0.4) is 0 Å². The van der Waals surface area contributed by atoms with E-state index in [1.165, 1.54) is 0 Å². The van der Waals surface area contributed by atoms with Gasteiger partial charge in [0.15, 0.2) is 5.13 Å². The van der Waals surface area contributed by atoms with Crippen molar-refractivity contribution in [1.29, 1.82) is 0 Å². The summed E-state index contributed by atoms with van der Waals surface area (Å²) < 4.78 is 6.18. The van der Waals surface area contributed by atoms with Crippen LogP contribution in [0.15, 0.2) is 24.0 Å². The van der Waals surface area contributed by atoms with E-state index < -0.39 is 0 Å². The molecule has 2 saturated heterocycles. The number of piperidine rings is 1. The van der Waals surface area contributed by atoms with Crippen molar-refractivity contribution in [2.75, 3.05) is 37.7 Å². The van der Waals surface area contributed by atoms with Crippen LogP contribution in [0.4, 0.5) is 5.13 Å². The van der Waals surface area contributed by atoms with Crippen molar-refractivity contribution in [3.05, 3.63) is 35.4 Å². The number of nitrogens with zero attached hydrogens (tertiary/aromatic N) is 5. The van der Waals surface area contributed by atoms with Gasteiger partial charge in [-0.05, 0) is 19.8 Å². The number of carbonyl (C=O) groups is 1. The number of thiazole rings is 1. The lowest BCUT2D eigenvalue weighted by molar-refractivity contribution is -0.105. The van der Waals surface area contributed by atoms with Crippen LogP contribution >= 0.6 is 11.3 Å². The molecule has 0 N–H and O–H groups in total. The first-order valence-corrected chi connectivity index (χ1v) is 9.40. The van der Waals surface area contributed by atoms with Gasteiger partial charge in [-0.1, -0.05) is 0 Å². The predicted molar refractivity (Wildman–Crippen MR) is 94.9 cm³/mol. The molecule has 25 heavy (non-hydrogen) atoms. The summed E-state index contributed by atoms with van der Waals surface area (Å²) in [5, 5.41) is 3.01. The summed E-state index contributed by atoms with van der Waals surface area (Å²) in [4.78, 5) is 29.8. The highest BCUT2D eigenvalue weighted by molar-refractivity contribution is 7.13. The number of aromatic nitrogens is 3. The number of ether oxygens (including phenoxy) is 1. The molecule has 0 aromatic carbocycles. The predicted octanol–water partition coefficient (Wildman–Crippen LogP) is 1.75. The van der Waals surface area contributed by atoms with Crippen LogP contribution < -0.4 is 4.90 Å². The molecule has 7 nitrogen and oxygen atoms in total. The van der Waals surface area contributed by atoms with Gasteiger partial charge < -0.3 is 14.5 Å². The van der Waals surface area contributed by atoms with Crippen molar-refractivity contribution < 1.29 is 9.53 Å². The van der Waals surface area contributed by atoms with Gasteiger partial charge in [0.25, 0.3) is 5.91 Å². The largest absolute Gasteiger partial charge is 0.369 e. The summed E-state index contributed by atoms with van der Waals surface area (Å²) in [6.07, 6.45) is 7.01. The molecular formula is C17H21N5O2S. The molecule has 0 saturated carbocycles. The van der Waals surface area contributed by atoms with Crippen molar-refractivity contribution in [1.82, 2.24) is 19.9 Å². The van der Waals surface area contributed by atoms with E-state index in [-0.39, 0.29) is 11.5 Å². The van der Waals surface area contributed by atoms with Crippen LogP contribution in [0, 0.1) is 6.92 Å². The summed E-state index contributed by atoms with van der Waals surface area (Å²) in [7, 11) is 0. The maximum atomic E-state index is 12.8. The van der Waals surface area contributed by atoms with Gasteiger partial charge in [0, 0.05) is 30.9 Å². The first kappa shape index (κ1) is 16.4. The minimum absolute atomic E-state index is 0.0680. The maximum Gasteiger partial charge on any atom is 0.274 e. The molecule has 0 bridgehead atoms. The second-order valence-electron chi connectivity index (χ2n) is 6.64. The van der Waals surface area contributed by atoms with Crippen molar-refractivity contribution in [2.45, 2.75) is 25.4 Å². The third-order valence-corrected chi connectivity index (χ3v) is 5.60. The smallest absolute Gasteiger partial charge is 0.274 e. The van der Waals surface area contributed by atoms with E-state index in [0.29, 0.717) is 25.4 Å². The average Bonchev–Trinajstić information content (AvgIpc) is 3.17. The number of hydrogen-bond acceptors (Lipinski definition) is 7. The molecule has 132 valence electrons. The van der Waals surface area contributed by atoms with Crippen LogP contribution in [0.1, 0.15) is 29.0 Å². The van der Waals surface area contributed by atoms with Crippen LogP contribution in [-0.4, -0.2) is 64.1 Å². The molecular weight excluding hydrogens is 338 g/mol. The Morgan fingerprint density at radius 2 is 2.16 bits per heavy atom. The Balaban J connectivity index is 1.50. The van der Waals surface area contributed by atoms with E-state index in [0.717, 1.165) is 36.8 Å². The lowest BCUT2D eigenvalue weighted by atomic mass is 9.91. The number of hydrogen-bond donors (Lipinski definition) is 0. The van der Waals surface area contributed by atoms with Crippen molar-refractivity contribution in [3.8, 4) is 0 Å². The topological polar surface area (TPSA) is 71.5 Å². The highest BCUT2D eigenvalue weighted by Crippen LogP contribution is 2.32. The molecule has 4 rings (SSSR count). The molecule has 1 unspecified atom stereocenters. The van der Waals surface area contributed by atoms with Crippen molar-refractivity contribution in [3.63, 3.8) is 0 Å². The normalized spacial score (nSPS) is 23.9. The zero-order chi connectivity index (χ0) is 17.3. The fourth-order valence-electron chi connectivity index (χ4n) is 3.56. The van der Waals surface area contributed by atoms with E-state index in [4.69, 9.17) is 4.74 Å². The Morgan fingerprint density at radius 1 is 1.24 bits per heavy atom. The van der Waals surface area contributed by atoms with Gasteiger partial charge in [-0.25, -0.2) is 9.97 Å². The molecule has 8 heteroatoms. The number of aryl methyl sites for hydroxylation is 1. The van der Waals surface area contributed by atoms with E-state index in [1.807, 2.05) is 23.4 Å². The fourth-order valence-corrected chi connectivity index (χ4v) is 4.23. The second-order valence-corrected chi connectivity index (χ2v) is 7.51. The number of carbonyl (C=O) groups excluding carboxylic acids is 1. The standard InChI is InChI=1S/C17H21N5O2S/c1-13-9-20-14(10-19-13)15(23)21-6-7-24-17(11-21)3-2-5-22(12-17)16-18-4-8-25-16/h4,8-10H,2-3,5-7,11-12H2,1H3. The summed E-state index contributed by atoms with van der Waals surface area (Å²) in [5.74, 6) is -0.0680. The van der Waals surface area contributed by atoms with Gasteiger partial charge in [0.05, 0.1) is 31.6 Å². The molecule has 2 aliphatic rings. The summed E-state index contributed by atoms with van der Waals surface area (Å²) in [6.45, 7) is 5.34. The zero-order valence-electron chi connectivity index (χ0n) is 14.2. The van der Waals surface area contributed by atoms with Gasteiger partial charge in [0.1, 0.15) is 11.3 Å². The highest BCUT2D eigenvalue weighted by Gasteiger charge is 2.42. The number of morpholine rings is 1. The monoisotopic (exact) mass is 359 g/mol. The van der Waals surface area contributed by atoms with E-state index in [2.05, 4.69) is 19.9 Å². The van der Waals surface area contributed by atoms with Crippen molar-refractivity contribution in [2.24, 2.45) is 0 Å². The molecule has 2 aromatic heterocycles. The van der Waals surface area contributed by atoms with Crippen LogP contribution in [0.25, 0.3) is 0 Å². The summed E-state index contributed by atoms with van der Waals surface area (Å²) >= 11 is 1.64. The number of rotatable bonds is 2. The summed E-state index contributed by atoms with van der Waals surface area (Å²) in [6, 6.07) is 0. The van der Waals surface area contributed by atoms with Gasteiger partial charge in [-0.2, -0.15) is 0 Å². The van der Waals surface area contributed by atoms with Crippen LogP contribution in [0.5, 0.6) is 0 Å². The van der Waals surface area contributed by atoms with Gasteiger partial charge in [-0.3, -0.25) is 9.78 Å². The van der Waals surface area contributed by atoms with Crippen molar-refractivity contribution >= 4 is 22.4 Å². The van der Waals surface area contributed by atoms with Gasteiger partial charge in [0.2, 0.25) is 0 Å². The molecule has 2 aliphatic heterocycles. The van der Waals surface area contributed by atoms with E-state index in [1.54, 1.807) is 23.7 Å². The third-order valence-electron chi connectivity index (χ3n) is 4.76. The van der Waals surface area contributed by atoms with Gasteiger partial charge in [-0.15, -0.1) is 11.3 Å². The Labute approximate surface area is 150 Å². The zero-order valence-corrected chi connectivity index (χ0v) is 15.0. The van der Waals surface area contributed by atoms with Crippen LogP contribution in [0.2, 0.25) is 0 Å². The highest BCUT2D eigenvalue weighted by atomic mass is 32.1. The minimum atomic E-state index is -0.323. The Morgan fingerprint density at radius 3 is 2.92 bits per heavy atom. The van der Waals surface area contributed by atoms with E-state index in [9.17, 15) is 4.79 Å². The molecule has 4 heterocycles. The number of anilines is 1. The molecule has 2 fully saturated rings. The molecule has 1 atom stereocenters. The first-order chi connectivity index (χ1) is 12.2. The molecule has 0 radical (unpaired) electrons. The maximum absolute atomic E-state index is 12.8. The average molecular weight is 359 g/mol. The SMILES string of the molecule is Cc1cnc(C(=O)N2CCOC3(CCCN(c4nccs4)C3)C2)cn1. The molecule has 1 amide bonds. The molecule has 2 aromatic rings. The van der Waals surface area contributed by atoms with E-state index >= 15 is 0 Å². The second kappa shape index (κ2) is 6.68. The summed E-state index contributed by atoms with van der Waals surface area (Å²) in [5.41, 5.74) is 0.882. The number of amides is 1. The quantitative estimate of drug-likeness (QED) is 0.814. The Bertz CT molecular complexity index is 732. The van der Waals surface area contributed by atoms with Crippen LogP contribution in [-0.2, 0) is 4.74 Å². The van der Waals surface area contributed by atoms with Gasteiger partial charge >= 0.3 is 0 Å². The Hall–Kier alpha value is -2.06. The third kappa shape index (κ3) is 3.36. The fraction of sp³-hybridized carbons (Fsp3) is 0.529. The molecule has 0 aliphatic carbocycles. The lowest BCUT2D eigenvalue weighted by Gasteiger charge is -2.47. The lowest BCUT2D eigenvalue weighted by Crippen LogP contribution is -2.60. The Kier molecular flexibility index (Phi) is 4.39. The molecule has 1 spiro atoms. The first-order valence-electron chi connectivity index (χ1n) is 8.52.